The summed E-state index contributed by atoms with van der Waals surface area (Å²) in [7, 11) is 0. The number of rotatable bonds is 39. The molecule has 9 nitrogen and oxygen atoms in total. The minimum Gasteiger partial charge on any atom is -0.457 e. The molecule has 0 aromatic rings. The number of ether oxygens (including phenoxy) is 4. The Kier molecular flexibility index (Phi) is 40.6. The summed E-state index contributed by atoms with van der Waals surface area (Å²) in [6.07, 6.45) is 59.1. The van der Waals surface area contributed by atoms with Crippen LogP contribution < -0.4 is 0 Å². The number of hydrogen-bond donors (Lipinski definition) is 4. The number of unbranched alkanes of at least 4 members (excludes halogenated alkanes) is 6. The quantitative estimate of drug-likeness (QED) is 0.0270. The molecule has 1 heterocycles. The molecule has 360 valence electrons. The summed E-state index contributed by atoms with van der Waals surface area (Å²) in [4.78, 5) is 12.8. The van der Waals surface area contributed by atoms with E-state index in [1.165, 1.54) is 0 Å². The van der Waals surface area contributed by atoms with Gasteiger partial charge in [-0.1, -0.05) is 167 Å². The first-order valence-electron chi connectivity index (χ1n) is 24.3. The van der Waals surface area contributed by atoms with Crippen LogP contribution in [0.3, 0.4) is 0 Å². The lowest BCUT2D eigenvalue weighted by Gasteiger charge is -2.39. The number of allylic oxidation sites excluding steroid dienone is 22. The summed E-state index contributed by atoms with van der Waals surface area (Å²) in [5, 5.41) is 40.2. The minimum atomic E-state index is -1.56. The van der Waals surface area contributed by atoms with E-state index in [1.54, 1.807) is 0 Å². The normalized spacial score (nSPS) is 20.8. The Bertz CT molecular complexity index is 1430. The van der Waals surface area contributed by atoms with Gasteiger partial charge in [0.05, 0.1) is 19.8 Å². The molecule has 1 saturated heterocycles. The van der Waals surface area contributed by atoms with E-state index in [1.807, 2.05) is 0 Å². The van der Waals surface area contributed by atoms with Crippen LogP contribution in [0.2, 0.25) is 0 Å². The molecular weight excluding hydrogens is 805 g/mol. The summed E-state index contributed by atoms with van der Waals surface area (Å²) in [6.45, 7) is 4.18. The molecule has 6 unspecified atom stereocenters. The largest absolute Gasteiger partial charge is 0.457 e. The summed E-state index contributed by atoms with van der Waals surface area (Å²) in [5.41, 5.74) is 0. The van der Waals surface area contributed by atoms with Gasteiger partial charge in [-0.05, 0) is 103 Å². The van der Waals surface area contributed by atoms with Crippen molar-refractivity contribution in [2.75, 3.05) is 26.4 Å². The molecule has 0 amide bonds. The van der Waals surface area contributed by atoms with Crippen LogP contribution in [0.1, 0.15) is 142 Å². The van der Waals surface area contributed by atoms with E-state index in [-0.39, 0.29) is 25.6 Å². The fraction of sp³-hybridized carbons (Fsp3) is 0.582. The minimum absolute atomic E-state index is 0.0978. The van der Waals surface area contributed by atoms with Crippen LogP contribution in [-0.4, -0.2) is 89.6 Å². The van der Waals surface area contributed by atoms with Crippen LogP contribution in [0.4, 0.5) is 0 Å². The highest BCUT2D eigenvalue weighted by molar-refractivity contribution is 5.69. The maximum atomic E-state index is 12.8. The van der Waals surface area contributed by atoms with Crippen molar-refractivity contribution in [3.8, 4) is 0 Å². The highest BCUT2D eigenvalue weighted by Gasteiger charge is 2.44. The average Bonchev–Trinajstić information content (AvgIpc) is 3.30. The van der Waals surface area contributed by atoms with Gasteiger partial charge in [0.1, 0.15) is 30.5 Å². The van der Waals surface area contributed by atoms with Crippen molar-refractivity contribution in [2.24, 2.45) is 0 Å². The third-order valence-electron chi connectivity index (χ3n) is 10.1. The highest BCUT2D eigenvalue weighted by atomic mass is 16.7. The zero-order valence-electron chi connectivity index (χ0n) is 39.5. The molecule has 1 aliphatic rings. The van der Waals surface area contributed by atoms with Crippen molar-refractivity contribution in [2.45, 2.75) is 179 Å². The third-order valence-corrected chi connectivity index (χ3v) is 10.1. The molecule has 1 fully saturated rings. The monoisotopic (exact) mass is 891 g/mol. The average molecular weight is 891 g/mol. The van der Waals surface area contributed by atoms with Gasteiger partial charge < -0.3 is 39.4 Å². The second kappa shape index (κ2) is 44.5. The van der Waals surface area contributed by atoms with E-state index in [4.69, 9.17) is 18.9 Å². The van der Waals surface area contributed by atoms with Gasteiger partial charge in [-0.2, -0.15) is 0 Å². The fourth-order valence-corrected chi connectivity index (χ4v) is 6.35. The van der Waals surface area contributed by atoms with Crippen molar-refractivity contribution in [1.82, 2.24) is 0 Å². The fourth-order valence-electron chi connectivity index (χ4n) is 6.35. The van der Waals surface area contributed by atoms with E-state index in [2.05, 4.69) is 148 Å². The molecule has 6 atom stereocenters. The van der Waals surface area contributed by atoms with Gasteiger partial charge in [-0.3, -0.25) is 4.79 Å². The van der Waals surface area contributed by atoms with Gasteiger partial charge >= 0.3 is 5.97 Å². The molecule has 1 aliphatic heterocycles. The number of aliphatic hydroxyl groups excluding tert-OH is 4. The molecule has 64 heavy (non-hydrogen) atoms. The summed E-state index contributed by atoms with van der Waals surface area (Å²) < 4.78 is 22.8. The number of esters is 1. The Labute approximate surface area is 388 Å². The van der Waals surface area contributed by atoms with Gasteiger partial charge in [0, 0.05) is 13.0 Å². The first kappa shape index (κ1) is 58.3. The topological polar surface area (TPSA) is 135 Å². The zero-order valence-corrected chi connectivity index (χ0v) is 39.5. The van der Waals surface area contributed by atoms with E-state index >= 15 is 0 Å². The van der Waals surface area contributed by atoms with Crippen LogP contribution in [-0.2, 0) is 23.7 Å². The second-order valence-corrected chi connectivity index (χ2v) is 15.8. The summed E-state index contributed by atoms with van der Waals surface area (Å²) in [5.74, 6) is -0.384. The zero-order chi connectivity index (χ0) is 46.4. The predicted octanol–water partition coefficient (Wildman–Crippen LogP) is 11.7. The van der Waals surface area contributed by atoms with Crippen molar-refractivity contribution in [3.63, 3.8) is 0 Å². The molecule has 0 saturated carbocycles. The van der Waals surface area contributed by atoms with Crippen molar-refractivity contribution in [3.05, 3.63) is 134 Å². The Hall–Kier alpha value is -3.67. The van der Waals surface area contributed by atoms with Crippen LogP contribution in [0, 0.1) is 0 Å². The van der Waals surface area contributed by atoms with E-state index < -0.39 is 43.4 Å². The Morgan fingerprint density at radius 2 is 0.906 bits per heavy atom. The van der Waals surface area contributed by atoms with Gasteiger partial charge in [0.2, 0.25) is 0 Å². The van der Waals surface area contributed by atoms with E-state index in [0.29, 0.717) is 13.0 Å². The van der Waals surface area contributed by atoms with Gasteiger partial charge in [0.25, 0.3) is 0 Å². The summed E-state index contributed by atoms with van der Waals surface area (Å²) >= 11 is 0. The first-order chi connectivity index (χ1) is 31.4. The van der Waals surface area contributed by atoms with Crippen LogP contribution in [0.25, 0.3) is 0 Å². The van der Waals surface area contributed by atoms with Gasteiger partial charge in [-0.25, -0.2) is 0 Å². The molecule has 0 bridgehead atoms. The molecule has 4 N–H and O–H groups in total. The lowest BCUT2D eigenvalue weighted by atomic mass is 9.99. The first-order valence-corrected chi connectivity index (χ1v) is 24.3. The van der Waals surface area contributed by atoms with Crippen molar-refractivity contribution < 1.29 is 44.2 Å². The third kappa shape index (κ3) is 34.7. The van der Waals surface area contributed by atoms with Gasteiger partial charge in [-0.15, -0.1) is 0 Å². The molecule has 0 spiro atoms. The number of carbonyl (C=O) groups is 1. The van der Waals surface area contributed by atoms with Crippen molar-refractivity contribution in [1.29, 1.82) is 0 Å². The molecule has 0 aromatic carbocycles. The van der Waals surface area contributed by atoms with Crippen LogP contribution in [0.15, 0.2) is 134 Å². The lowest BCUT2D eigenvalue weighted by molar-refractivity contribution is -0.305. The molecule has 0 aliphatic carbocycles. The Balaban J connectivity index is 2.30. The van der Waals surface area contributed by atoms with Crippen molar-refractivity contribution >= 4 is 5.97 Å². The number of carbonyl (C=O) groups excluding carboxylic acids is 1. The molecule has 0 aromatic heterocycles. The van der Waals surface area contributed by atoms with E-state index in [0.717, 1.165) is 116 Å². The van der Waals surface area contributed by atoms with Gasteiger partial charge in [0.15, 0.2) is 6.29 Å². The lowest BCUT2D eigenvalue weighted by Crippen LogP contribution is -2.59. The van der Waals surface area contributed by atoms with Crippen LogP contribution in [0.5, 0.6) is 0 Å². The smallest absolute Gasteiger partial charge is 0.306 e. The SMILES string of the molecule is CC/C=C\C/C=C\C/C=C\C/C=C\C/C=C\C/C=C\CCCCCCCOCC(COC1OC(CO)C(O)C(O)C1O)OC(=O)CCC/C=C\C/C=C\C/C=C\C/C=C\C/C=C\CC. The Morgan fingerprint density at radius 3 is 1.36 bits per heavy atom. The predicted molar refractivity (Wildman–Crippen MR) is 265 cm³/mol. The van der Waals surface area contributed by atoms with E-state index in [9.17, 15) is 25.2 Å². The standard InChI is InChI=1S/C55H86O9/c1-3-5-7-9-11-13-15-17-19-21-22-23-24-25-26-27-29-31-33-35-37-39-41-43-45-61-47-49(48-62-55-54(60)53(59)52(58)50(46-56)64-55)63-51(57)44-42-40-38-36-34-32-30-28-20-18-16-14-12-10-8-6-4-2/h5-8,11-14,17-20,22-23,25-26,29-32,36,38,49-50,52-56,58-60H,3-4,9-10,15-16,21,24,27-28,33-35,37,39-48H2,1-2H3/b7-5-,8-6-,13-11-,14-12-,19-17-,20-18-,23-22-,26-25-,31-29-,32-30-,38-36-. The molecule has 1 rings (SSSR count). The number of aliphatic hydroxyl groups is 4. The summed E-state index contributed by atoms with van der Waals surface area (Å²) in [6, 6.07) is 0. The molecular formula is C55H86O9. The van der Waals surface area contributed by atoms with Crippen LogP contribution >= 0.6 is 0 Å². The molecule has 0 radical (unpaired) electrons. The maximum Gasteiger partial charge on any atom is 0.306 e. The Morgan fingerprint density at radius 1 is 0.500 bits per heavy atom. The highest BCUT2D eigenvalue weighted by Crippen LogP contribution is 2.22. The molecule has 9 heteroatoms. The second-order valence-electron chi connectivity index (χ2n) is 15.8. The maximum absolute atomic E-state index is 12.8. The number of hydrogen-bond acceptors (Lipinski definition) is 9.